The summed E-state index contributed by atoms with van der Waals surface area (Å²) >= 11 is 0. The Morgan fingerprint density at radius 2 is 1.96 bits per heavy atom. The number of aromatic amines is 1. The Bertz CT molecular complexity index is 1120. The molecule has 146 valence electrons. The number of nitrogens with zero attached hydrogens (tertiary/aromatic N) is 1. The monoisotopic (exact) mass is 379 g/mol. The number of hydrogen-bond acceptors (Lipinski definition) is 4. The van der Waals surface area contributed by atoms with Crippen molar-refractivity contribution in [2.45, 2.75) is 40.0 Å². The quantitative estimate of drug-likeness (QED) is 0.722. The summed E-state index contributed by atoms with van der Waals surface area (Å²) < 4.78 is 5.69. The fourth-order valence-corrected chi connectivity index (χ4v) is 3.28. The number of hydrogen-bond donors (Lipinski definition) is 2. The van der Waals surface area contributed by atoms with E-state index in [-0.39, 0.29) is 22.2 Å². The van der Waals surface area contributed by atoms with Gasteiger partial charge in [-0.1, -0.05) is 39.0 Å². The molecular weight excluding hydrogens is 354 g/mol. The van der Waals surface area contributed by atoms with Crippen LogP contribution in [0.1, 0.15) is 49.3 Å². The molecule has 0 saturated carbocycles. The molecule has 0 aliphatic heterocycles. The number of aromatic nitrogens is 2. The third-order valence-corrected chi connectivity index (χ3v) is 4.75. The highest BCUT2D eigenvalue weighted by atomic mass is 16.5. The van der Waals surface area contributed by atoms with Crippen molar-refractivity contribution >= 4 is 16.8 Å². The van der Waals surface area contributed by atoms with Crippen molar-refractivity contribution in [3.8, 4) is 17.0 Å². The lowest BCUT2D eigenvalue weighted by molar-refractivity contribution is 0.0997. The van der Waals surface area contributed by atoms with Gasteiger partial charge in [0.1, 0.15) is 5.69 Å². The van der Waals surface area contributed by atoms with Crippen LogP contribution in [0.5, 0.6) is 5.75 Å². The number of aryl methyl sites for hydroxylation is 1. The molecule has 1 aromatic carbocycles. The van der Waals surface area contributed by atoms with Gasteiger partial charge in [0, 0.05) is 11.8 Å². The largest absolute Gasteiger partial charge is 0.488 e. The molecule has 1 amide bonds. The zero-order valence-corrected chi connectivity index (χ0v) is 16.8. The highest BCUT2D eigenvalue weighted by Gasteiger charge is 2.22. The zero-order chi connectivity index (χ0) is 20.6. The fourth-order valence-electron chi connectivity index (χ4n) is 3.28. The minimum atomic E-state index is -0.753. The first kappa shape index (κ1) is 19.6. The van der Waals surface area contributed by atoms with Crippen LogP contribution in [0.3, 0.4) is 0 Å². The number of benzene rings is 1. The molecule has 0 saturated heterocycles. The molecule has 2 aromatic heterocycles. The number of carbonyl (C=O) groups excluding carboxylic acids is 1. The number of nitrogens with two attached hydrogens (primary N) is 1. The third-order valence-electron chi connectivity index (χ3n) is 4.75. The summed E-state index contributed by atoms with van der Waals surface area (Å²) in [6.07, 6.45) is 1.46. The Morgan fingerprint density at radius 3 is 2.54 bits per heavy atom. The van der Waals surface area contributed by atoms with Gasteiger partial charge in [-0.15, -0.1) is 0 Å². The van der Waals surface area contributed by atoms with Gasteiger partial charge < -0.3 is 15.5 Å². The molecule has 28 heavy (non-hydrogen) atoms. The summed E-state index contributed by atoms with van der Waals surface area (Å²) in [7, 11) is 0. The molecule has 6 heteroatoms. The van der Waals surface area contributed by atoms with Crippen molar-refractivity contribution in [2.24, 2.45) is 5.73 Å². The van der Waals surface area contributed by atoms with E-state index in [0.29, 0.717) is 17.8 Å². The normalized spacial score (nSPS) is 11.6. The van der Waals surface area contributed by atoms with Gasteiger partial charge in [-0.2, -0.15) is 0 Å². The Kier molecular flexibility index (Phi) is 4.98. The number of H-pyrrole nitrogens is 1. The lowest BCUT2D eigenvalue weighted by Gasteiger charge is -2.21. The second-order valence-electron chi connectivity index (χ2n) is 7.82. The second kappa shape index (κ2) is 7.11. The standard InChI is InChI=1S/C22H25N3O3/c1-6-28-20-17(14-8-7-13(11-12(14)2)22(3,4)5)25-15-9-10-24-18(21(23)27)16(15)19(20)26/h7-11H,6H2,1-5H3,(H2,23,27)(H,25,26). The van der Waals surface area contributed by atoms with E-state index in [1.54, 1.807) is 13.0 Å². The highest BCUT2D eigenvalue weighted by Crippen LogP contribution is 2.33. The number of ether oxygens (including phenoxy) is 1. The van der Waals surface area contributed by atoms with Crippen molar-refractivity contribution in [1.82, 2.24) is 9.97 Å². The SMILES string of the molecule is CCOc1c(-c2ccc(C(C)(C)C)cc2C)[nH]c2ccnc(C(N)=O)c2c1=O. The van der Waals surface area contributed by atoms with E-state index in [0.717, 1.165) is 11.1 Å². The molecule has 0 radical (unpaired) electrons. The summed E-state index contributed by atoms with van der Waals surface area (Å²) in [5.74, 6) is -0.589. The van der Waals surface area contributed by atoms with Crippen LogP contribution in [0.25, 0.3) is 22.2 Å². The van der Waals surface area contributed by atoms with Crippen LogP contribution in [0.4, 0.5) is 0 Å². The number of primary amides is 1. The molecular formula is C22H25N3O3. The number of rotatable bonds is 4. The Morgan fingerprint density at radius 1 is 1.25 bits per heavy atom. The maximum atomic E-state index is 13.2. The van der Waals surface area contributed by atoms with Crippen molar-refractivity contribution in [3.05, 3.63) is 57.5 Å². The van der Waals surface area contributed by atoms with Crippen molar-refractivity contribution in [3.63, 3.8) is 0 Å². The van der Waals surface area contributed by atoms with Gasteiger partial charge in [-0.05, 0) is 36.5 Å². The van der Waals surface area contributed by atoms with Crippen LogP contribution in [-0.2, 0) is 5.41 Å². The molecule has 2 heterocycles. The minimum absolute atomic E-state index is 0.0187. The average Bonchev–Trinajstić information content (AvgIpc) is 2.62. The van der Waals surface area contributed by atoms with Crippen LogP contribution in [-0.4, -0.2) is 22.5 Å². The minimum Gasteiger partial charge on any atom is -0.488 e. The van der Waals surface area contributed by atoms with Crippen molar-refractivity contribution in [2.75, 3.05) is 6.61 Å². The number of pyridine rings is 2. The predicted octanol–water partition coefficient (Wildman–Crippen LogP) is 3.69. The number of fused-ring (bicyclic) bond motifs is 1. The highest BCUT2D eigenvalue weighted by molar-refractivity contribution is 6.04. The fraction of sp³-hybridized carbons (Fsp3) is 0.318. The van der Waals surface area contributed by atoms with Crippen LogP contribution >= 0.6 is 0 Å². The molecule has 0 bridgehead atoms. The molecule has 0 unspecified atom stereocenters. The molecule has 3 rings (SSSR count). The van der Waals surface area contributed by atoms with Gasteiger partial charge in [0.05, 0.1) is 23.2 Å². The van der Waals surface area contributed by atoms with E-state index in [1.807, 2.05) is 13.0 Å². The Labute approximate surface area is 163 Å². The zero-order valence-electron chi connectivity index (χ0n) is 16.8. The molecule has 3 N–H and O–H groups in total. The van der Waals surface area contributed by atoms with Crippen LogP contribution in [0.15, 0.2) is 35.3 Å². The van der Waals surface area contributed by atoms with E-state index in [1.165, 1.54) is 11.8 Å². The average molecular weight is 379 g/mol. The summed E-state index contributed by atoms with van der Waals surface area (Å²) in [6, 6.07) is 7.82. The Hall–Kier alpha value is -3.15. The Balaban J connectivity index is 2.34. The van der Waals surface area contributed by atoms with E-state index < -0.39 is 11.3 Å². The van der Waals surface area contributed by atoms with E-state index in [4.69, 9.17) is 10.5 Å². The molecule has 0 aliphatic carbocycles. The van der Waals surface area contributed by atoms with Gasteiger partial charge >= 0.3 is 0 Å². The number of carbonyl (C=O) groups is 1. The number of nitrogens with one attached hydrogen (secondary N) is 1. The smallest absolute Gasteiger partial charge is 0.268 e. The summed E-state index contributed by atoms with van der Waals surface area (Å²) in [5, 5.41) is 0.145. The van der Waals surface area contributed by atoms with E-state index in [2.05, 4.69) is 42.9 Å². The van der Waals surface area contributed by atoms with E-state index in [9.17, 15) is 9.59 Å². The summed E-state index contributed by atoms with van der Waals surface area (Å²) in [5.41, 5.74) is 9.13. The molecule has 0 spiro atoms. The van der Waals surface area contributed by atoms with Crippen LogP contribution in [0.2, 0.25) is 0 Å². The van der Waals surface area contributed by atoms with Crippen LogP contribution in [0, 0.1) is 6.92 Å². The first-order valence-electron chi connectivity index (χ1n) is 9.24. The van der Waals surface area contributed by atoms with Gasteiger partial charge in [0.25, 0.3) is 5.91 Å². The summed E-state index contributed by atoms with van der Waals surface area (Å²) in [6.45, 7) is 10.6. The van der Waals surface area contributed by atoms with Gasteiger partial charge in [0.2, 0.25) is 5.43 Å². The van der Waals surface area contributed by atoms with Crippen molar-refractivity contribution < 1.29 is 9.53 Å². The van der Waals surface area contributed by atoms with E-state index >= 15 is 0 Å². The van der Waals surface area contributed by atoms with Gasteiger partial charge in [-0.3, -0.25) is 14.6 Å². The maximum Gasteiger partial charge on any atom is 0.268 e. The molecule has 6 nitrogen and oxygen atoms in total. The second-order valence-corrected chi connectivity index (χ2v) is 7.82. The molecule has 0 atom stereocenters. The lowest BCUT2D eigenvalue weighted by Crippen LogP contribution is -2.20. The van der Waals surface area contributed by atoms with Gasteiger partial charge in [0.15, 0.2) is 5.75 Å². The maximum absolute atomic E-state index is 13.2. The molecule has 0 fully saturated rings. The first-order chi connectivity index (χ1) is 13.1. The van der Waals surface area contributed by atoms with Gasteiger partial charge in [-0.25, -0.2) is 0 Å². The predicted molar refractivity (Wildman–Crippen MR) is 111 cm³/mol. The topological polar surface area (TPSA) is 98.1 Å². The lowest BCUT2D eigenvalue weighted by atomic mass is 9.85. The van der Waals surface area contributed by atoms with Crippen molar-refractivity contribution in [1.29, 1.82) is 0 Å². The summed E-state index contributed by atoms with van der Waals surface area (Å²) in [4.78, 5) is 32.2. The molecule has 0 aliphatic rings. The first-order valence-corrected chi connectivity index (χ1v) is 9.24. The number of amides is 1. The third kappa shape index (κ3) is 3.38. The van der Waals surface area contributed by atoms with Crippen LogP contribution < -0.4 is 15.9 Å². The molecule has 3 aromatic rings.